The summed E-state index contributed by atoms with van der Waals surface area (Å²) < 4.78 is 36.6. The van der Waals surface area contributed by atoms with E-state index in [0.717, 1.165) is 0 Å². The SMILES string of the molecule is CCOC(=O)Cn1c(-c2cc(OC)c(OC)c(OC)c2)nc2cc(F)ccc21. The third-order valence-electron chi connectivity index (χ3n) is 4.23. The third kappa shape index (κ3) is 3.58. The number of esters is 1. The van der Waals surface area contributed by atoms with Gasteiger partial charge in [0, 0.05) is 11.6 Å². The smallest absolute Gasteiger partial charge is 0.326 e. The summed E-state index contributed by atoms with van der Waals surface area (Å²) >= 11 is 0. The van der Waals surface area contributed by atoms with E-state index >= 15 is 0 Å². The zero-order valence-electron chi connectivity index (χ0n) is 16.1. The van der Waals surface area contributed by atoms with Crippen molar-refractivity contribution in [2.24, 2.45) is 0 Å². The highest BCUT2D eigenvalue weighted by Crippen LogP contribution is 2.41. The van der Waals surface area contributed by atoms with Crippen LogP contribution in [-0.2, 0) is 16.1 Å². The summed E-state index contributed by atoms with van der Waals surface area (Å²) in [4.78, 5) is 16.7. The minimum absolute atomic E-state index is 0.0675. The number of halogens is 1. The van der Waals surface area contributed by atoms with Crippen molar-refractivity contribution < 1.29 is 28.1 Å². The number of hydrogen-bond donors (Lipinski definition) is 0. The summed E-state index contributed by atoms with van der Waals surface area (Å²) in [6.07, 6.45) is 0. The van der Waals surface area contributed by atoms with Gasteiger partial charge in [-0.1, -0.05) is 0 Å². The molecular weight excluding hydrogens is 367 g/mol. The Kier molecular flexibility index (Phi) is 5.67. The molecule has 0 saturated heterocycles. The number of rotatable bonds is 7. The normalized spacial score (nSPS) is 10.8. The molecule has 0 aliphatic heterocycles. The number of aromatic nitrogens is 2. The Bertz CT molecular complexity index is 990. The number of benzene rings is 2. The molecule has 0 unspecified atom stereocenters. The first-order valence-electron chi connectivity index (χ1n) is 8.64. The van der Waals surface area contributed by atoms with E-state index in [2.05, 4.69) is 4.98 Å². The second-order valence-corrected chi connectivity index (χ2v) is 5.87. The van der Waals surface area contributed by atoms with Gasteiger partial charge >= 0.3 is 5.97 Å². The van der Waals surface area contributed by atoms with Crippen molar-refractivity contribution in [2.45, 2.75) is 13.5 Å². The standard InChI is InChI=1S/C20H21FN2O5/c1-5-28-18(24)11-23-15-7-6-13(21)10-14(15)22-20(23)12-8-16(25-2)19(27-4)17(9-12)26-3/h6-10H,5,11H2,1-4H3. The maximum atomic E-state index is 13.7. The fourth-order valence-electron chi connectivity index (χ4n) is 3.03. The van der Waals surface area contributed by atoms with Crippen LogP contribution in [0.1, 0.15) is 6.92 Å². The molecule has 0 bridgehead atoms. The second kappa shape index (κ2) is 8.16. The molecular formula is C20H21FN2O5. The Morgan fingerprint density at radius 2 is 1.75 bits per heavy atom. The predicted octanol–water partition coefficient (Wildman–Crippen LogP) is 3.43. The largest absolute Gasteiger partial charge is 0.493 e. The first-order valence-corrected chi connectivity index (χ1v) is 8.64. The number of fused-ring (bicyclic) bond motifs is 1. The van der Waals surface area contributed by atoms with E-state index in [9.17, 15) is 9.18 Å². The van der Waals surface area contributed by atoms with Crippen LogP contribution in [0.15, 0.2) is 30.3 Å². The molecule has 7 nitrogen and oxygen atoms in total. The van der Waals surface area contributed by atoms with Gasteiger partial charge in [0.2, 0.25) is 5.75 Å². The summed E-state index contributed by atoms with van der Waals surface area (Å²) in [5.74, 6) is 0.945. The number of imidazole rings is 1. The molecule has 0 aliphatic rings. The quantitative estimate of drug-likeness (QED) is 0.578. The molecule has 0 atom stereocenters. The number of nitrogens with zero attached hydrogens (tertiary/aromatic N) is 2. The van der Waals surface area contributed by atoms with Crippen LogP contribution in [0, 0.1) is 5.82 Å². The van der Waals surface area contributed by atoms with Crippen molar-refractivity contribution in [2.75, 3.05) is 27.9 Å². The van der Waals surface area contributed by atoms with Gasteiger partial charge in [-0.05, 0) is 31.2 Å². The van der Waals surface area contributed by atoms with Crippen molar-refractivity contribution in [3.63, 3.8) is 0 Å². The van der Waals surface area contributed by atoms with Crippen LogP contribution in [0.4, 0.5) is 4.39 Å². The molecule has 0 saturated carbocycles. The van der Waals surface area contributed by atoms with E-state index in [1.807, 2.05) is 0 Å². The Balaban J connectivity index is 2.23. The van der Waals surface area contributed by atoms with Crippen molar-refractivity contribution in [1.82, 2.24) is 9.55 Å². The maximum Gasteiger partial charge on any atom is 0.326 e. The molecule has 0 aliphatic carbocycles. The fraction of sp³-hybridized carbons (Fsp3) is 0.300. The molecule has 0 fully saturated rings. The molecule has 3 rings (SSSR count). The molecule has 1 aromatic heterocycles. The second-order valence-electron chi connectivity index (χ2n) is 5.87. The number of ether oxygens (including phenoxy) is 4. The van der Waals surface area contributed by atoms with Gasteiger partial charge < -0.3 is 23.5 Å². The molecule has 1 heterocycles. The maximum absolute atomic E-state index is 13.7. The third-order valence-corrected chi connectivity index (χ3v) is 4.23. The first-order chi connectivity index (χ1) is 13.5. The number of hydrogen-bond acceptors (Lipinski definition) is 6. The summed E-state index contributed by atoms with van der Waals surface area (Å²) in [7, 11) is 4.54. The minimum atomic E-state index is -0.417. The molecule has 0 radical (unpaired) electrons. The van der Waals surface area contributed by atoms with Gasteiger partial charge in [-0.15, -0.1) is 0 Å². The van der Waals surface area contributed by atoms with Crippen LogP contribution in [0.5, 0.6) is 17.2 Å². The molecule has 28 heavy (non-hydrogen) atoms. The van der Waals surface area contributed by atoms with E-state index in [-0.39, 0.29) is 13.2 Å². The van der Waals surface area contributed by atoms with Crippen LogP contribution in [0.2, 0.25) is 0 Å². The number of methoxy groups -OCH3 is 3. The van der Waals surface area contributed by atoms with Crippen LogP contribution in [0.3, 0.4) is 0 Å². The highest BCUT2D eigenvalue weighted by molar-refractivity contribution is 5.84. The predicted molar refractivity (Wildman–Crippen MR) is 101 cm³/mol. The first kappa shape index (κ1) is 19.5. The summed E-state index contributed by atoms with van der Waals surface area (Å²) in [5.41, 5.74) is 1.65. The summed E-state index contributed by atoms with van der Waals surface area (Å²) in [6.45, 7) is 1.93. The average Bonchev–Trinajstić information content (AvgIpc) is 3.04. The number of carbonyl (C=O) groups is 1. The Labute approximate surface area is 161 Å². The van der Waals surface area contributed by atoms with E-state index in [1.54, 1.807) is 29.7 Å². The van der Waals surface area contributed by atoms with Crippen LogP contribution >= 0.6 is 0 Å². The molecule has 8 heteroatoms. The zero-order chi connectivity index (χ0) is 20.3. The zero-order valence-corrected chi connectivity index (χ0v) is 16.1. The average molecular weight is 388 g/mol. The van der Waals surface area contributed by atoms with E-state index in [1.165, 1.54) is 33.5 Å². The molecule has 2 aromatic carbocycles. The monoisotopic (exact) mass is 388 g/mol. The topological polar surface area (TPSA) is 71.8 Å². The van der Waals surface area contributed by atoms with Gasteiger partial charge in [-0.25, -0.2) is 9.37 Å². The molecule has 0 N–H and O–H groups in total. The van der Waals surface area contributed by atoms with E-state index in [0.29, 0.717) is 39.7 Å². The van der Waals surface area contributed by atoms with Crippen LogP contribution < -0.4 is 14.2 Å². The summed E-state index contributed by atoms with van der Waals surface area (Å²) in [6, 6.07) is 7.67. The van der Waals surface area contributed by atoms with E-state index < -0.39 is 11.8 Å². The lowest BCUT2D eigenvalue weighted by atomic mass is 10.1. The lowest BCUT2D eigenvalue weighted by Gasteiger charge is -2.15. The Morgan fingerprint density at radius 3 is 2.32 bits per heavy atom. The van der Waals surface area contributed by atoms with Crippen LogP contribution in [0.25, 0.3) is 22.4 Å². The van der Waals surface area contributed by atoms with Crippen molar-refractivity contribution in [1.29, 1.82) is 0 Å². The Hall–Kier alpha value is -3.29. The Morgan fingerprint density at radius 1 is 1.07 bits per heavy atom. The van der Waals surface area contributed by atoms with Crippen molar-refractivity contribution >= 4 is 17.0 Å². The highest BCUT2D eigenvalue weighted by atomic mass is 19.1. The van der Waals surface area contributed by atoms with Gasteiger partial charge in [0.15, 0.2) is 11.5 Å². The molecule has 3 aromatic rings. The van der Waals surface area contributed by atoms with Gasteiger partial charge in [0.1, 0.15) is 18.2 Å². The molecule has 0 spiro atoms. The van der Waals surface area contributed by atoms with Gasteiger partial charge in [0.25, 0.3) is 0 Å². The lowest BCUT2D eigenvalue weighted by Crippen LogP contribution is -2.14. The lowest BCUT2D eigenvalue weighted by molar-refractivity contribution is -0.143. The highest BCUT2D eigenvalue weighted by Gasteiger charge is 2.20. The molecule has 0 amide bonds. The van der Waals surface area contributed by atoms with Gasteiger partial charge in [0.05, 0.1) is 39.0 Å². The van der Waals surface area contributed by atoms with Crippen LogP contribution in [-0.4, -0.2) is 43.5 Å². The van der Waals surface area contributed by atoms with Crippen molar-refractivity contribution in [3.05, 3.63) is 36.1 Å². The van der Waals surface area contributed by atoms with Gasteiger partial charge in [-0.3, -0.25) is 4.79 Å². The molecule has 148 valence electrons. The summed E-state index contributed by atoms with van der Waals surface area (Å²) in [5, 5.41) is 0. The fourth-order valence-corrected chi connectivity index (χ4v) is 3.03. The van der Waals surface area contributed by atoms with Gasteiger partial charge in [-0.2, -0.15) is 0 Å². The van der Waals surface area contributed by atoms with E-state index in [4.69, 9.17) is 18.9 Å². The van der Waals surface area contributed by atoms with Crippen molar-refractivity contribution in [3.8, 4) is 28.6 Å². The minimum Gasteiger partial charge on any atom is -0.493 e. The number of carbonyl (C=O) groups excluding carboxylic acids is 1.